The molecule has 0 heterocycles. The van der Waals surface area contributed by atoms with Gasteiger partial charge in [0.25, 0.3) is 5.91 Å². The fourth-order valence-corrected chi connectivity index (χ4v) is 2.23. The molecule has 2 rings (SSSR count). The average molecular weight is 282 g/mol. The molecule has 0 bridgehead atoms. The van der Waals surface area contributed by atoms with E-state index in [4.69, 9.17) is 5.73 Å². The van der Waals surface area contributed by atoms with Crippen LogP contribution in [0.5, 0.6) is 0 Å². The van der Waals surface area contributed by atoms with Gasteiger partial charge in [-0.3, -0.25) is 4.79 Å². The lowest BCUT2D eigenvalue weighted by Gasteiger charge is -2.17. The van der Waals surface area contributed by atoms with Gasteiger partial charge in [-0.2, -0.15) is 0 Å². The van der Waals surface area contributed by atoms with Crippen molar-refractivity contribution in [1.82, 2.24) is 4.90 Å². The van der Waals surface area contributed by atoms with E-state index in [-0.39, 0.29) is 5.91 Å². The molecule has 21 heavy (non-hydrogen) atoms. The maximum absolute atomic E-state index is 12.4. The molecule has 2 aromatic carbocycles. The minimum Gasteiger partial charge on any atom is -0.337 e. The Bertz CT molecular complexity index is 588. The van der Waals surface area contributed by atoms with Gasteiger partial charge in [-0.05, 0) is 35.2 Å². The molecule has 110 valence electrons. The van der Waals surface area contributed by atoms with Crippen LogP contribution in [0.15, 0.2) is 48.5 Å². The number of carbonyl (C=O) groups is 1. The number of rotatable bonds is 5. The van der Waals surface area contributed by atoms with Crippen LogP contribution in [0, 0.1) is 0 Å². The molecule has 0 fully saturated rings. The zero-order valence-electron chi connectivity index (χ0n) is 12.7. The Labute approximate surface area is 126 Å². The zero-order valence-corrected chi connectivity index (χ0v) is 12.7. The summed E-state index contributed by atoms with van der Waals surface area (Å²) in [5, 5.41) is 0. The third-order valence-electron chi connectivity index (χ3n) is 3.63. The molecule has 2 aromatic rings. The van der Waals surface area contributed by atoms with Crippen LogP contribution in [0.3, 0.4) is 0 Å². The van der Waals surface area contributed by atoms with Gasteiger partial charge in [-0.15, -0.1) is 0 Å². The molecule has 0 unspecified atom stereocenters. The highest BCUT2D eigenvalue weighted by Gasteiger charge is 2.11. The topological polar surface area (TPSA) is 46.3 Å². The predicted molar refractivity (Wildman–Crippen MR) is 86.0 cm³/mol. The number of amides is 1. The number of hydrogen-bond acceptors (Lipinski definition) is 2. The number of carbonyl (C=O) groups excluding carboxylic acids is 1. The van der Waals surface area contributed by atoms with E-state index < -0.39 is 0 Å². The fourth-order valence-electron chi connectivity index (χ4n) is 2.23. The molecule has 0 aliphatic carbocycles. The summed E-state index contributed by atoms with van der Waals surface area (Å²) < 4.78 is 0. The minimum absolute atomic E-state index is 0.0422. The number of nitrogens with zero attached hydrogens (tertiary/aromatic N) is 1. The summed E-state index contributed by atoms with van der Waals surface area (Å²) >= 11 is 0. The van der Waals surface area contributed by atoms with E-state index in [1.165, 1.54) is 5.56 Å². The molecule has 3 nitrogen and oxygen atoms in total. The monoisotopic (exact) mass is 282 g/mol. The first-order valence-electron chi connectivity index (χ1n) is 7.26. The van der Waals surface area contributed by atoms with Crippen molar-refractivity contribution in [1.29, 1.82) is 0 Å². The van der Waals surface area contributed by atoms with Gasteiger partial charge in [0.1, 0.15) is 0 Å². The van der Waals surface area contributed by atoms with Crippen LogP contribution in [0.4, 0.5) is 0 Å². The van der Waals surface area contributed by atoms with Crippen molar-refractivity contribution < 1.29 is 4.79 Å². The smallest absolute Gasteiger partial charge is 0.253 e. The molecule has 0 saturated carbocycles. The van der Waals surface area contributed by atoms with E-state index >= 15 is 0 Å². The van der Waals surface area contributed by atoms with E-state index in [0.29, 0.717) is 13.1 Å². The zero-order chi connectivity index (χ0) is 15.2. The van der Waals surface area contributed by atoms with Crippen LogP contribution in [-0.2, 0) is 19.5 Å². The van der Waals surface area contributed by atoms with Gasteiger partial charge in [0.2, 0.25) is 0 Å². The van der Waals surface area contributed by atoms with Crippen molar-refractivity contribution in [2.24, 2.45) is 5.73 Å². The lowest BCUT2D eigenvalue weighted by Crippen LogP contribution is -2.26. The van der Waals surface area contributed by atoms with Crippen molar-refractivity contribution in [3.8, 4) is 0 Å². The van der Waals surface area contributed by atoms with E-state index in [1.807, 2.05) is 55.6 Å². The minimum atomic E-state index is 0.0422. The third kappa shape index (κ3) is 3.92. The molecule has 1 amide bonds. The van der Waals surface area contributed by atoms with E-state index in [9.17, 15) is 4.79 Å². The normalized spacial score (nSPS) is 10.4. The molecule has 3 heteroatoms. The summed E-state index contributed by atoms with van der Waals surface area (Å²) in [6.45, 7) is 3.24. The number of nitrogens with two attached hydrogens (primary N) is 1. The maximum atomic E-state index is 12.4. The predicted octanol–water partition coefficient (Wildman–Crippen LogP) is 2.98. The summed E-state index contributed by atoms with van der Waals surface area (Å²) in [5.74, 6) is 0.0422. The highest BCUT2D eigenvalue weighted by molar-refractivity contribution is 5.94. The SMILES string of the molecule is CCc1ccc(C(=O)N(C)Cc2ccc(CN)cc2)cc1. The molecule has 0 atom stereocenters. The number of benzene rings is 2. The van der Waals surface area contributed by atoms with Crippen LogP contribution >= 0.6 is 0 Å². The summed E-state index contributed by atoms with van der Waals surface area (Å²) in [4.78, 5) is 14.1. The Hall–Kier alpha value is -2.13. The molecule has 0 spiro atoms. The molecular formula is C18H22N2O. The van der Waals surface area contributed by atoms with Gasteiger partial charge in [0.15, 0.2) is 0 Å². The van der Waals surface area contributed by atoms with Crippen molar-refractivity contribution in [3.05, 3.63) is 70.8 Å². The van der Waals surface area contributed by atoms with Crippen LogP contribution in [-0.4, -0.2) is 17.9 Å². The van der Waals surface area contributed by atoms with Gasteiger partial charge >= 0.3 is 0 Å². The van der Waals surface area contributed by atoms with Crippen molar-refractivity contribution in [3.63, 3.8) is 0 Å². The highest BCUT2D eigenvalue weighted by atomic mass is 16.2. The quantitative estimate of drug-likeness (QED) is 0.916. The van der Waals surface area contributed by atoms with Crippen molar-refractivity contribution in [2.75, 3.05) is 7.05 Å². The van der Waals surface area contributed by atoms with Gasteiger partial charge in [0, 0.05) is 25.7 Å². The molecule has 0 saturated heterocycles. The lowest BCUT2D eigenvalue weighted by molar-refractivity contribution is 0.0785. The van der Waals surface area contributed by atoms with Crippen LogP contribution in [0.25, 0.3) is 0 Å². The first kappa shape index (κ1) is 15.3. The van der Waals surface area contributed by atoms with E-state index in [0.717, 1.165) is 23.1 Å². The van der Waals surface area contributed by atoms with Crippen molar-refractivity contribution in [2.45, 2.75) is 26.4 Å². The average Bonchev–Trinajstić information content (AvgIpc) is 2.55. The Morgan fingerprint density at radius 3 is 2.00 bits per heavy atom. The largest absolute Gasteiger partial charge is 0.337 e. The molecule has 2 N–H and O–H groups in total. The van der Waals surface area contributed by atoms with Crippen LogP contribution in [0.1, 0.15) is 34.0 Å². The molecule has 0 aliphatic heterocycles. The Balaban J connectivity index is 2.03. The lowest BCUT2D eigenvalue weighted by atomic mass is 10.1. The Kier molecular flexibility index (Phi) is 5.12. The second-order valence-electron chi connectivity index (χ2n) is 5.23. The number of aryl methyl sites for hydroxylation is 1. The summed E-state index contributed by atoms with van der Waals surface area (Å²) in [7, 11) is 1.83. The maximum Gasteiger partial charge on any atom is 0.253 e. The standard InChI is InChI=1S/C18H22N2O/c1-3-14-8-10-17(11-9-14)18(21)20(2)13-16-6-4-15(12-19)5-7-16/h4-11H,3,12-13,19H2,1-2H3. The molecule has 0 radical (unpaired) electrons. The van der Waals surface area contributed by atoms with Crippen LogP contribution < -0.4 is 5.73 Å². The Morgan fingerprint density at radius 1 is 0.952 bits per heavy atom. The van der Waals surface area contributed by atoms with Crippen LogP contribution in [0.2, 0.25) is 0 Å². The van der Waals surface area contributed by atoms with Gasteiger partial charge in [0.05, 0.1) is 0 Å². The van der Waals surface area contributed by atoms with Gasteiger partial charge < -0.3 is 10.6 Å². The van der Waals surface area contributed by atoms with Crippen molar-refractivity contribution >= 4 is 5.91 Å². The third-order valence-corrected chi connectivity index (χ3v) is 3.63. The first-order chi connectivity index (χ1) is 10.1. The van der Waals surface area contributed by atoms with E-state index in [2.05, 4.69) is 6.92 Å². The van der Waals surface area contributed by atoms with E-state index in [1.54, 1.807) is 4.90 Å². The second-order valence-corrected chi connectivity index (χ2v) is 5.23. The first-order valence-corrected chi connectivity index (χ1v) is 7.26. The molecular weight excluding hydrogens is 260 g/mol. The molecule has 0 aromatic heterocycles. The summed E-state index contributed by atoms with van der Waals surface area (Å²) in [6, 6.07) is 15.9. The second kappa shape index (κ2) is 7.04. The molecule has 0 aliphatic rings. The van der Waals surface area contributed by atoms with Gasteiger partial charge in [-0.25, -0.2) is 0 Å². The van der Waals surface area contributed by atoms with Gasteiger partial charge in [-0.1, -0.05) is 43.3 Å². The summed E-state index contributed by atoms with van der Waals surface area (Å²) in [5.41, 5.74) is 9.76. The number of hydrogen-bond donors (Lipinski definition) is 1. The highest BCUT2D eigenvalue weighted by Crippen LogP contribution is 2.11. The summed E-state index contributed by atoms with van der Waals surface area (Å²) in [6.07, 6.45) is 0.984. The Morgan fingerprint density at radius 2 is 1.48 bits per heavy atom. The fraction of sp³-hybridized carbons (Fsp3) is 0.278.